The number of nitrogens with one attached hydrogen (secondary N) is 1. The maximum absolute atomic E-state index is 12.8. The third-order valence-corrected chi connectivity index (χ3v) is 5.14. The Balaban J connectivity index is 1.67. The van der Waals surface area contributed by atoms with Crippen molar-refractivity contribution in [3.63, 3.8) is 0 Å². The molecule has 0 bridgehead atoms. The summed E-state index contributed by atoms with van der Waals surface area (Å²) in [6.45, 7) is 7.75. The maximum Gasteiger partial charge on any atom is 0.227 e. The van der Waals surface area contributed by atoms with E-state index in [1.165, 1.54) is 0 Å². The maximum atomic E-state index is 12.8. The Labute approximate surface area is 149 Å². The lowest BCUT2D eigenvalue weighted by atomic mass is 10.0. The third kappa shape index (κ3) is 3.83. The molecule has 0 spiro atoms. The largest absolute Gasteiger partial charge is 0.355 e. The zero-order valence-corrected chi connectivity index (χ0v) is 15.5. The van der Waals surface area contributed by atoms with Crippen molar-refractivity contribution in [2.24, 2.45) is 0 Å². The van der Waals surface area contributed by atoms with Gasteiger partial charge in [-0.05, 0) is 45.7 Å². The molecule has 1 saturated heterocycles. The Morgan fingerprint density at radius 2 is 2.16 bits per heavy atom. The molecule has 25 heavy (non-hydrogen) atoms. The highest BCUT2D eigenvalue weighted by Gasteiger charge is 2.27. The molecule has 1 atom stereocenters. The molecule has 6 heteroatoms. The van der Waals surface area contributed by atoms with Crippen molar-refractivity contribution in [3.8, 4) is 0 Å². The number of aromatic amines is 1. The van der Waals surface area contributed by atoms with Crippen LogP contribution in [-0.4, -0.2) is 52.2 Å². The zero-order chi connectivity index (χ0) is 18.0. The highest BCUT2D eigenvalue weighted by Crippen LogP contribution is 2.21. The standard InChI is InChI=1S/C19H27N5O/c1-13-7-5-9-18(20-13)24-10-6-8-16(12-24)23(4)19(25)11-17-14(2)21-22-15(17)3/h5,7,9,16H,6,8,10-12H2,1-4H3,(H,21,22)/t16-/m0/s1. The predicted molar refractivity (Wildman–Crippen MR) is 98.7 cm³/mol. The van der Waals surface area contributed by atoms with Gasteiger partial charge in [0.05, 0.1) is 12.1 Å². The van der Waals surface area contributed by atoms with Crippen molar-refractivity contribution in [1.29, 1.82) is 0 Å². The third-order valence-electron chi connectivity index (χ3n) is 5.14. The molecule has 3 heterocycles. The highest BCUT2D eigenvalue weighted by molar-refractivity contribution is 5.79. The smallest absolute Gasteiger partial charge is 0.227 e. The SMILES string of the molecule is Cc1cccc(N2CCC[C@H](N(C)C(=O)Cc3c(C)n[nH]c3C)C2)n1. The van der Waals surface area contributed by atoms with Crippen LogP contribution in [0, 0.1) is 20.8 Å². The van der Waals surface area contributed by atoms with Crippen molar-refractivity contribution in [2.45, 2.75) is 46.1 Å². The van der Waals surface area contributed by atoms with Crippen LogP contribution in [0.25, 0.3) is 0 Å². The van der Waals surface area contributed by atoms with Gasteiger partial charge in [-0.25, -0.2) is 4.98 Å². The van der Waals surface area contributed by atoms with Gasteiger partial charge >= 0.3 is 0 Å². The molecular weight excluding hydrogens is 314 g/mol. The predicted octanol–water partition coefficient (Wildman–Crippen LogP) is 2.40. The second-order valence-corrected chi connectivity index (χ2v) is 6.97. The average Bonchev–Trinajstić information content (AvgIpc) is 2.93. The lowest BCUT2D eigenvalue weighted by Crippen LogP contribution is -2.49. The van der Waals surface area contributed by atoms with Gasteiger partial charge < -0.3 is 9.80 Å². The minimum absolute atomic E-state index is 0.150. The Hall–Kier alpha value is -2.37. The van der Waals surface area contributed by atoms with Crippen molar-refractivity contribution in [2.75, 3.05) is 25.0 Å². The number of nitrogens with zero attached hydrogens (tertiary/aromatic N) is 4. The monoisotopic (exact) mass is 341 g/mol. The van der Waals surface area contributed by atoms with E-state index in [1.54, 1.807) is 0 Å². The van der Waals surface area contributed by atoms with E-state index < -0.39 is 0 Å². The van der Waals surface area contributed by atoms with E-state index in [4.69, 9.17) is 0 Å². The number of aromatic nitrogens is 3. The summed E-state index contributed by atoms with van der Waals surface area (Å²) in [5.74, 6) is 1.16. The van der Waals surface area contributed by atoms with Crippen LogP contribution in [-0.2, 0) is 11.2 Å². The average molecular weight is 341 g/mol. The first-order valence-corrected chi connectivity index (χ1v) is 8.90. The van der Waals surface area contributed by atoms with Crippen LogP contribution >= 0.6 is 0 Å². The van der Waals surface area contributed by atoms with Crippen LogP contribution in [0.15, 0.2) is 18.2 Å². The topological polar surface area (TPSA) is 65.1 Å². The number of anilines is 1. The fraction of sp³-hybridized carbons (Fsp3) is 0.526. The Morgan fingerprint density at radius 3 is 2.84 bits per heavy atom. The summed E-state index contributed by atoms with van der Waals surface area (Å²) in [7, 11) is 1.92. The van der Waals surface area contributed by atoms with Gasteiger partial charge in [0.15, 0.2) is 0 Å². The summed E-state index contributed by atoms with van der Waals surface area (Å²) in [5.41, 5.74) is 3.93. The van der Waals surface area contributed by atoms with Gasteiger partial charge in [0.1, 0.15) is 5.82 Å². The number of hydrogen-bond acceptors (Lipinski definition) is 4. The van der Waals surface area contributed by atoms with Gasteiger partial charge in [0.2, 0.25) is 5.91 Å². The lowest BCUT2D eigenvalue weighted by molar-refractivity contribution is -0.131. The minimum atomic E-state index is 0.150. The molecule has 0 saturated carbocycles. The molecule has 1 amide bonds. The fourth-order valence-corrected chi connectivity index (χ4v) is 3.50. The van der Waals surface area contributed by atoms with Crippen molar-refractivity contribution >= 4 is 11.7 Å². The van der Waals surface area contributed by atoms with Crippen molar-refractivity contribution in [3.05, 3.63) is 40.8 Å². The fourth-order valence-electron chi connectivity index (χ4n) is 3.50. The molecule has 0 aliphatic carbocycles. The minimum Gasteiger partial charge on any atom is -0.355 e. The molecule has 0 unspecified atom stereocenters. The van der Waals surface area contributed by atoms with Crippen LogP contribution in [0.4, 0.5) is 5.82 Å². The lowest BCUT2D eigenvalue weighted by Gasteiger charge is -2.38. The number of amides is 1. The van der Waals surface area contributed by atoms with E-state index in [9.17, 15) is 4.79 Å². The molecule has 134 valence electrons. The van der Waals surface area contributed by atoms with E-state index in [0.29, 0.717) is 6.42 Å². The van der Waals surface area contributed by atoms with Gasteiger partial charge in [-0.1, -0.05) is 6.07 Å². The number of rotatable bonds is 4. The number of piperidine rings is 1. The number of aryl methyl sites for hydroxylation is 3. The molecule has 3 rings (SSSR count). The molecule has 2 aromatic rings. The summed E-state index contributed by atoms with van der Waals surface area (Å²) in [4.78, 5) is 21.6. The van der Waals surface area contributed by atoms with E-state index in [2.05, 4.69) is 26.1 Å². The number of H-pyrrole nitrogens is 1. The molecule has 1 aliphatic rings. The van der Waals surface area contributed by atoms with Gasteiger partial charge in [-0.3, -0.25) is 9.89 Å². The summed E-state index contributed by atoms with van der Waals surface area (Å²) < 4.78 is 0. The number of carbonyl (C=O) groups excluding carboxylic acids is 1. The van der Waals surface area contributed by atoms with Crippen LogP contribution in [0.3, 0.4) is 0 Å². The Morgan fingerprint density at radius 1 is 1.36 bits per heavy atom. The number of pyridine rings is 1. The molecule has 1 N–H and O–H groups in total. The molecule has 0 aromatic carbocycles. The van der Waals surface area contributed by atoms with Gasteiger partial charge in [-0.2, -0.15) is 5.10 Å². The Kier molecular flexibility index (Phi) is 5.06. The van der Waals surface area contributed by atoms with E-state index in [0.717, 1.165) is 54.4 Å². The van der Waals surface area contributed by atoms with Crippen LogP contribution in [0.1, 0.15) is 35.5 Å². The quantitative estimate of drug-likeness (QED) is 0.927. The van der Waals surface area contributed by atoms with Crippen LogP contribution in [0.5, 0.6) is 0 Å². The summed E-state index contributed by atoms with van der Waals surface area (Å²) in [5, 5.41) is 7.15. The van der Waals surface area contributed by atoms with Crippen LogP contribution < -0.4 is 4.90 Å². The summed E-state index contributed by atoms with van der Waals surface area (Å²) in [6, 6.07) is 6.32. The summed E-state index contributed by atoms with van der Waals surface area (Å²) >= 11 is 0. The zero-order valence-electron chi connectivity index (χ0n) is 15.5. The second-order valence-electron chi connectivity index (χ2n) is 6.97. The molecule has 1 fully saturated rings. The van der Waals surface area contributed by atoms with E-state index in [-0.39, 0.29) is 11.9 Å². The highest BCUT2D eigenvalue weighted by atomic mass is 16.2. The number of likely N-dealkylation sites (N-methyl/N-ethyl adjacent to an activating group) is 1. The molecule has 2 aromatic heterocycles. The second kappa shape index (κ2) is 7.25. The molecular formula is C19H27N5O. The van der Waals surface area contributed by atoms with Crippen molar-refractivity contribution < 1.29 is 4.79 Å². The number of hydrogen-bond donors (Lipinski definition) is 1. The molecule has 0 radical (unpaired) electrons. The first-order valence-electron chi connectivity index (χ1n) is 8.90. The van der Waals surface area contributed by atoms with Gasteiger partial charge in [0, 0.05) is 43.1 Å². The normalized spacial score (nSPS) is 17.6. The van der Waals surface area contributed by atoms with Gasteiger partial charge in [0.25, 0.3) is 0 Å². The first kappa shape index (κ1) is 17.5. The van der Waals surface area contributed by atoms with E-state index >= 15 is 0 Å². The summed E-state index contributed by atoms with van der Waals surface area (Å²) in [6.07, 6.45) is 2.51. The van der Waals surface area contributed by atoms with Gasteiger partial charge in [-0.15, -0.1) is 0 Å². The molecule has 1 aliphatic heterocycles. The Bertz CT molecular complexity index is 735. The van der Waals surface area contributed by atoms with Crippen LogP contribution in [0.2, 0.25) is 0 Å². The first-order chi connectivity index (χ1) is 12.0. The van der Waals surface area contributed by atoms with E-state index in [1.807, 2.05) is 44.9 Å². The number of carbonyl (C=O) groups is 1. The van der Waals surface area contributed by atoms with Crippen molar-refractivity contribution in [1.82, 2.24) is 20.1 Å². The molecule has 6 nitrogen and oxygen atoms in total.